The minimum atomic E-state index is 0.556. The fourth-order valence-corrected chi connectivity index (χ4v) is 2.45. The number of methoxy groups -OCH3 is 1. The summed E-state index contributed by atoms with van der Waals surface area (Å²) in [7, 11) is 1.62. The number of halogens is 1. The molecule has 2 aromatic rings. The van der Waals surface area contributed by atoms with Crippen molar-refractivity contribution in [1.82, 2.24) is 4.98 Å². The van der Waals surface area contributed by atoms with E-state index in [4.69, 9.17) is 10.5 Å². The van der Waals surface area contributed by atoms with Crippen molar-refractivity contribution in [3.63, 3.8) is 0 Å². The van der Waals surface area contributed by atoms with Crippen LogP contribution in [-0.2, 0) is 0 Å². The Kier molecular flexibility index (Phi) is 2.13. The molecule has 2 N–H and O–H groups in total. The van der Waals surface area contributed by atoms with Crippen molar-refractivity contribution >= 4 is 42.6 Å². The van der Waals surface area contributed by atoms with Crippen LogP contribution in [0, 0.1) is 0 Å². The Morgan fingerprint density at radius 1 is 1.54 bits per heavy atom. The first-order valence-electron chi connectivity index (χ1n) is 3.61. The molecule has 5 heteroatoms. The van der Waals surface area contributed by atoms with Crippen LogP contribution in [0.2, 0.25) is 0 Å². The first-order valence-corrected chi connectivity index (χ1v) is 5.22. The first-order chi connectivity index (χ1) is 6.22. The highest BCUT2D eigenvalue weighted by Crippen LogP contribution is 2.36. The van der Waals surface area contributed by atoms with Gasteiger partial charge in [0.15, 0.2) is 5.13 Å². The number of aromatic nitrogens is 1. The molecule has 0 aliphatic heterocycles. The number of anilines is 1. The minimum absolute atomic E-state index is 0.556. The second-order valence-corrected chi connectivity index (χ2v) is 4.36. The van der Waals surface area contributed by atoms with Crippen molar-refractivity contribution in [2.24, 2.45) is 0 Å². The average Bonchev–Trinajstić information content (AvgIpc) is 2.48. The molecule has 1 aromatic heterocycles. The molecule has 0 atom stereocenters. The van der Waals surface area contributed by atoms with Crippen molar-refractivity contribution < 1.29 is 4.74 Å². The number of nitrogens with zero attached hydrogens (tertiary/aromatic N) is 1. The van der Waals surface area contributed by atoms with Gasteiger partial charge in [-0.05, 0) is 28.1 Å². The number of hydrogen-bond donors (Lipinski definition) is 1. The van der Waals surface area contributed by atoms with E-state index in [9.17, 15) is 0 Å². The summed E-state index contributed by atoms with van der Waals surface area (Å²) in [5.74, 6) is 0.756. The molecule has 0 fully saturated rings. The summed E-state index contributed by atoms with van der Waals surface area (Å²) in [4.78, 5) is 4.19. The average molecular weight is 259 g/mol. The Hall–Kier alpha value is -0.810. The number of rotatable bonds is 1. The van der Waals surface area contributed by atoms with E-state index < -0.39 is 0 Å². The SMILES string of the molecule is COc1ccc(Br)c2sc(N)nc12. The highest BCUT2D eigenvalue weighted by Gasteiger charge is 2.09. The lowest BCUT2D eigenvalue weighted by molar-refractivity contribution is 0.419. The number of hydrogen-bond acceptors (Lipinski definition) is 4. The molecule has 3 nitrogen and oxygen atoms in total. The van der Waals surface area contributed by atoms with Crippen LogP contribution >= 0.6 is 27.3 Å². The molecule has 68 valence electrons. The molecule has 0 saturated carbocycles. The molecule has 0 aliphatic carbocycles. The summed E-state index contributed by atoms with van der Waals surface area (Å²) in [6, 6.07) is 3.80. The van der Waals surface area contributed by atoms with E-state index in [0.29, 0.717) is 5.13 Å². The van der Waals surface area contributed by atoms with Crippen LogP contribution in [0.3, 0.4) is 0 Å². The van der Waals surface area contributed by atoms with Crippen molar-refractivity contribution in [3.8, 4) is 5.75 Å². The molecule has 0 unspecified atom stereocenters. The quantitative estimate of drug-likeness (QED) is 0.856. The molecule has 0 bridgehead atoms. The third kappa shape index (κ3) is 1.38. The third-order valence-electron chi connectivity index (χ3n) is 1.69. The zero-order valence-corrected chi connectivity index (χ0v) is 9.28. The Labute approximate surface area is 87.7 Å². The van der Waals surface area contributed by atoms with E-state index in [2.05, 4.69) is 20.9 Å². The standard InChI is InChI=1S/C8H7BrN2OS/c1-12-5-3-2-4(9)7-6(5)11-8(10)13-7/h2-3H,1H3,(H2,10,11). The lowest BCUT2D eigenvalue weighted by Crippen LogP contribution is -1.85. The second-order valence-electron chi connectivity index (χ2n) is 2.48. The molecular weight excluding hydrogens is 252 g/mol. The Morgan fingerprint density at radius 3 is 3.00 bits per heavy atom. The van der Waals surface area contributed by atoms with Gasteiger partial charge in [-0.3, -0.25) is 0 Å². The molecule has 0 radical (unpaired) electrons. The van der Waals surface area contributed by atoms with Gasteiger partial charge in [0.2, 0.25) is 0 Å². The van der Waals surface area contributed by atoms with E-state index in [1.165, 1.54) is 11.3 Å². The minimum Gasteiger partial charge on any atom is -0.494 e. The summed E-state index contributed by atoms with van der Waals surface area (Å²) >= 11 is 4.88. The Bertz CT molecular complexity index is 455. The maximum Gasteiger partial charge on any atom is 0.181 e. The second kappa shape index (κ2) is 3.16. The van der Waals surface area contributed by atoms with Crippen molar-refractivity contribution in [2.45, 2.75) is 0 Å². The van der Waals surface area contributed by atoms with Gasteiger partial charge in [0, 0.05) is 4.47 Å². The predicted octanol–water partition coefficient (Wildman–Crippen LogP) is 2.65. The van der Waals surface area contributed by atoms with Crippen LogP contribution in [0.1, 0.15) is 0 Å². The van der Waals surface area contributed by atoms with Gasteiger partial charge in [0.1, 0.15) is 11.3 Å². The van der Waals surface area contributed by atoms with Crippen LogP contribution in [0.25, 0.3) is 10.2 Å². The van der Waals surface area contributed by atoms with Gasteiger partial charge in [0.25, 0.3) is 0 Å². The lowest BCUT2D eigenvalue weighted by Gasteiger charge is -2.00. The molecule has 13 heavy (non-hydrogen) atoms. The molecule has 0 amide bonds. The molecule has 1 heterocycles. The largest absolute Gasteiger partial charge is 0.494 e. The van der Waals surface area contributed by atoms with E-state index in [1.54, 1.807) is 7.11 Å². The maximum atomic E-state index is 5.61. The summed E-state index contributed by atoms with van der Waals surface area (Å²) in [5.41, 5.74) is 6.43. The van der Waals surface area contributed by atoms with E-state index >= 15 is 0 Å². The van der Waals surface area contributed by atoms with Crippen LogP contribution in [0.4, 0.5) is 5.13 Å². The number of thiazole rings is 1. The van der Waals surface area contributed by atoms with Crippen LogP contribution in [0.5, 0.6) is 5.75 Å². The summed E-state index contributed by atoms with van der Waals surface area (Å²) < 4.78 is 7.19. The van der Waals surface area contributed by atoms with Gasteiger partial charge in [-0.15, -0.1) is 0 Å². The van der Waals surface area contributed by atoms with Crippen molar-refractivity contribution in [1.29, 1.82) is 0 Å². The topological polar surface area (TPSA) is 48.1 Å². The van der Waals surface area contributed by atoms with Gasteiger partial charge < -0.3 is 10.5 Å². The van der Waals surface area contributed by atoms with Gasteiger partial charge in [-0.1, -0.05) is 11.3 Å². The van der Waals surface area contributed by atoms with E-state index in [0.717, 1.165) is 20.4 Å². The lowest BCUT2D eigenvalue weighted by atomic mass is 10.3. The molecule has 1 aromatic carbocycles. The zero-order valence-electron chi connectivity index (χ0n) is 6.87. The van der Waals surface area contributed by atoms with Gasteiger partial charge >= 0.3 is 0 Å². The maximum absolute atomic E-state index is 5.61. The number of nitrogens with two attached hydrogens (primary N) is 1. The normalized spacial score (nSPS) is 10.6. The van der Waals surface area contributed by atoms with Crippen LogP contribution in [-0.4, -0.2) is 12.1 Å². The molecule has 0 aliphatic rings. The van der Waals surface area contributed by atoms with Crippen LogP contribution in [0.15, 0.2) is 16.6 Å². The third-order valence-corrected chi connectivity index (χ3v) is 3.54. The fourth-order valence-electron chi connectivity index (χ4n) is 1.13. The van der Waals surface area contributed by atoms with E-state index in [-0.39, 0.29) is 0 Å². The molecule has 0 saturated heterocycles. The van der Waals surface area contributed by atoms with Gasteiger partial charge in [-0.2, -0.15) is 0 Å². The summed E-state index contributed by atoms with van der Waals surface area (Å²) in [5, 5.41) is 0.556. The number of ether oxygens (including phenoxy) is 1. The summed E-state index contributed by atoms with van der Waals surface area (Å²) in [6.07, 6.45) is 0. The molecule has 2 rings (SSSR count). The number of nitrogen functional groups attached to an aromatic ring is 1. The predicted molar refractivity (Wildman–Crippen MR) is 58.3 cm³/mol. The molecular formula is C8H7BrN2OS. The van der Waals surface area contributed by atoms with Crippen molar-refractivity contribution in [2.75, 3.05) is 12.8 Å². The van der Waals surface area contributed by atoms with Gasteiger partial charge in [-0.25, -0.2) is 4.98 Å². The zero-order chi connectivity index (χ0) is 9.42. The Morgan fingerprint density at radius 2 is 2.31 bits per heavy atom. The highest BCUT2D eigenvalue weighted by molar-refractivity contribution is 9.10. The monoisotopic (exact) mass is 258 g/mol. The highest BCUT2D eigenvalue weighted by atomic mass is 79.9. The van der Waals surface area contributed by atoms with Gasteiger partial charge in [0.05, 0.1) is 11.8 Å². The number of fused-ring (bicyclic) bond motifs is 1. The fraction of sp³-hybridized carbons (Fsp3) is 0.125. The van der Waals surface area contributed by atoms with E-state index in [1.807, 2.05) is 12.1 Å². The Balaban J connectivity index is 2.83. The van der Waals surface area contributed by atoms with Crippen molar-refractivity contribution in [3.05, 3.63) is 16.6 Å². The molecule has 0 spiro atoms. The van der Waals surface area contributed by atoms with Crippen LogP contribution < -0.4 is 10.5 Å². The first kappa shape index (κ1) is 8.77. The smallest absolute Gasteiger partial charge is 0.181 e. The summed E-state index contributed by atoms with van der Waals surface area (Å²) in [6.45, 7) is 0. The number of benzene rings is 1.